The Bertz CT molecular complexity index is 919. The molecule has 0 radical (unpaired) electrons. The van der Waals surface area contributed by atoms with Crippen LogP contribution in [0.25, 0.3) is 0 Å². The molecule has 6 nitrogen and oxygen atoms in total. The van der Waals surface area contributed by atoms with Gasteiger partial charge in [0.2, 0.25) is 5.91 Å². The van der Waals surface area contributed by atoms with E-state index < -0.39 is 41.4 Å². The highest BCUT2D eigenvalue weighted by atomic mass is 19.1. The third-order valence-electron chi connectivity index (χ3n) is 4.36. The van der Waals surface area contributed by atoms with Crippen molar-refractivity contribution < 1.29 is 27.9 Å². The highest BCUT2D eigenvalue weighted by molar-refractivity contribution is 6.00. The molecule has 2 aromatic carbocycles. The summed E-state index contributed by atoms with van der Waals surface area (Å²) in [5, 5.41) is 2.45. The summed E-state index contributed by atoms with van der Waals surface area (Å²) >= 11 is 0. The van der Waals surface area contributed by atoms with Gasteiger partial charge in [0.25, 0.3) is 5.91 Å². The van der Waals surface area contributed by atoms with E-state index in [1.165, 1.54) is 48.2 Å². The molecule has 0 unspecified atom stereocenters. The molecule has 2 atom stereocenters. The molecule has 3 rings (SSSR count). The minimum atomic E-state index is -1.15. The molecule has 1 fully saturated rings. The first-order valence-corrected chi connectivity index (χ1v) is 8.67. The predicted octanol–water partition coefficient (Wildman–Crippen LogP) is 2.89. The van der Waals surface area contributed by atoms with Crippen molar-refractivity contribution in [3.8, 4) is 0 Å². The average Bonchev–Trinajstić information content (AvgIpc) is 3.03. The molecular weight excluding hydrogens is 370 g/mol. The number of nitrogens with one attached hydrogen (secondary N) is 1. The Kier molecular flexibility index (Phi) is 5.67. The number of halogens is 2. The largest absolute Gasteiger partial charge is 0.452 e. The van der Waals surface area contributed by atoms with Crippen molar-refractivity contribution in [2.24, 2.45) is 5.92 Å². The van der Waals surface area contributed by atoms with Crippen molar-refractivity contribution in [2.45, 2.75) is 19.4 Å². The average molecular weight is 388 g/mol. The molecule has 1 N–H and O–H groups in total. The van der Waals surface area contributed by atoms with Crippen LogP contribution < -0.4 is 10.2 Å². The molecular formula is C20H18F2N2O4. The smallest absolute Gasteiger partial charge is 0.312 e. The van der Waals surface area contributed by atoms with Gasteiger partial charge in [-0.3, -0.25) is 14.4 Å². The van der Waals surface area contributed by atoms with Crippen molar-refractivity contribution in [3.63, 3.8) is 0 Å². The van der Waals surface area contributed by atoms with Crippen LogP contribution in [0.3, 0.4) is 0 Å². The first-order valence-electron chi connectivity index (χ1n) is 8.67. The first-order chi connectivity index (χ1) is 13.3. The molecule has 0 aliphatic carbocycles. The number of nitrogens with zero attached hydrogens (tertiary/aromatic N) is 1. The van der Waals surface area contributed by atoms with Gasteiger partial charge in [0, 0.05) is 18.7 Å². The van der Waals surface area contributed by atoms with E-state index in [0.29, 0.717) is 0 Å². The topological polar surface area (TPSA) is 75.7 Å². The van der Waals surface area contributed by atoms with Gasteiger partial charge in [-0.1, -0.05) is 18.2 Å². The number of ether oxygens (including phenoxy) is 1. The van der Waals surface area contributed by atoms with E-state index >= 15 is 0 Å². The maximum atomic E-state index is 13.9. The summed E-state index contributed by atoms with van der Waals surface area (Å²) in [5.41, 5.74) is 0.328. The van der Waals surface area contributed by atoms with E-state index in [1.54, 1.807) is 6.07 Å². The molecule has 8 heteroatoms. The van der Waals surface area contributed by atoms with Gasteiger partial charge in [-0.15, -0.1) is 0 Å². The number of hydrogen-bond acceptors (Lipinski definition) is 4. The zero-order valence-electron chi connectivity index (χ0n) is 15.0. The zero-order chi connectivity index (χ0) is 20.3. The Hall–Kier alpha value is -3.29. The third kappa shape index (κ3) is 4.33. The molecule has 0 spiro atoms. The molecule has 2 aromatic rings. The molecule has 1 saturated heterocycles. The van der Waals surface area contributed by atoms with Crippen LogP contribution in [0, 0.1) is 17.6 Å². The first kappa shape index (κ1) is 19.5. The van der Waals surface area contributed by atoms with Crippen LogP contribution in [0.15, 0.2) is 48.5 Å². The zero-order valence-corrected chi connectivity index (χ0v) is 15.0. The van der Waals surface area contributed by atoms with Crippen LogP contribution in [0.5, 0.6) is 0 Å². The number of benzene rings is 2. The second-order valence-electron chi connectivity index (χ2n) is 6.44. The Morgan fingerprint density at radius 2 is 1.93 bits per heavy atom. The van der Waals surface area contributed by atoms with Crippen LogP contribution in [0.1, 0.15) is 13.3 Å². The summed E-state index contributed by atoms with van der Waals surface area (Å²) in [5.74, 6) is -3.64. The van der Waals surface area contributed by atoms with E-state index in [0.717, 1.165) is 6.07 Å². The van der Waals surface area contributed by atoms with E-state index in [4.69, 9.17) is 4.74 Å². The van der Waals surface area contributed by atoms with Gasteiger partial charge >= 0.3 is 5.97 Å². The van der Waals surface area contributed by atoms with Crippen LogP contribution in [0.4, 0.5) is 20.2 Å². The number of anilines is 2. The fourth-order valence-corrected chi connectivity index (χ4v) is 2.90. The van der Waals surface area contributed by atoms with Crippen LogP contribution in [-0.4, -0.2) is 30.4 Å². The lowest BCUT2D eigenvalue weighted by Crippen LogP contribution is -2.33. The van der Waals surface area contributed by atoms with Gasteiger partial charge in [0.1, 0.15) is 11.6 Å². The minimum absolute atomic E-state index is 0.0309. The van der Waals surface area contributed by atoms with Crippen molar-refractivity contribution >= 4 is 29.2 Å². The standard InChI is InChI=1S/C20H18F2N2O4/c1-12(19(26)23-15-6-4-5-14(21)10-15)28-20(27)13-9-18(25)24(11-13)17-8-3-2-7-16(17)22/h2-8,10,12-13H,9,11H2,1H3,(H,23,26)/t12-,13-/m1/s1. The molecule has 28 heavy (non-hydrogen) atoms. The summed E-state index contributed by atoms with van der Waals surface area (Å²) in [6.45, 7) is 1.34. The maximum absolute atomic E-state index is 13.9. The van der Waals surface area contributed by atoms with Crippen LogP contribution in [-0.2, 0) is 19.1 Å². The number of esters is 1. The number of amides is 2. The number of rotatable bonds is 5. The normalized spacial score (nSPS) is 17.3. The quantitative estimate of drug-likeness (QED) is 0.800. The van der Waals surface area contributed by atoms with Crippen molar-refractivity contribution in [1.29, 1.82) is 0 Å². The van der Waals surface area contributed by atoms with Crippen molar-refractivity contribution in [2.75, 3.05) is 16.8 Å². The molecule has 2 amide bonds. The highest BCUT2D eigenvalue weighted by Gasteiger charge is 2.38. The van der Waals surface area contributed by atoms with Gasteiger partial charge < -0.3 is 15.0 Å². The van der Waals surface area contributed by atoms with E-state index in [9.17, 15) is 23.2 Å². The Balaban J connectivity index is 1.59. The number of carbonyl (C=O) groups is 3. The monoisotopic (exact) mass is 388 g/mol. The lowest BCUT2D eigenvalue weighted by Gasteiger charge is -2.18. The number of hydrogen-bond donors (Lipinski definition) is 1. The van der Waals surface area contributed by atoms with Crippen LogP contribution >= 0.6 is 0 Å². The molecule has 1 heterocycles. The molecule has 0 aromatic heterocycles. The molecule has 1 aliphatic heterocycles. The lowest BCUT2D eigenvalue weighted by atomic mass is 10.1. The minimum Gasteiger partial charge on any atom is -0.452 e. The second kappa shape index (κ2) is 8.16. The van der Waals surface area contributed by atoms with Gasteiger partial charge in [0.15, 0.2) is 6.10 Å². The molecule has 0 saturated carbocycles. The number of carbonyl (C=O) groups excluding carboxylic acids is 3. The van der Waals surface area contributed by atoms with Crippen molar-refractivity contribution in [1.82, 2.24) is 0 Å². The van der Waals surface area contributed by atoms with Crippen molar-refractivity contribution in [3.05, 3.63) is 60.2 Å². The van der Waals surface area contributed by atoms with Gasteiger partial charge in [-0.05, 0) is 37.3 Å². The fourth-order valence-electron chi connectivity index (χ4n) is 2.90. The molecule has 146 valence electrons. The van der Waals surface area contributed by atoms with E-state index in [-0.39, 0.29) is 24.3 Å². The number of para-hydroxylation sites is 1. The highest BCUT2D eigenvalue weighted by Crippen LogP contribution is 2.28. The predicted molar refractivity (Wildman–Crippen MR) is 97.4 cm³/mol. The second-order valence-corrected chi connectivity index (χ2v) is 6.44. The summed E-state index contributed by atoms with van der Waals surface area (Å²) < 4.78 is 32.2. The fraction of sp³-hybridized carbons (Fsp3) is 0.250. The summed E-state index contributed by atoms with van der Waals surface area (Å²) in [6.07, 6.45) is -1.28. The van der Waals surface area contributed by atoms with Gasteiger partial charge in [0.05, 0.1) is 11.6 Å². The van der Waals surface area contributed by atoms with Gasteiger partial charge in [-0.2, -0.15) is 0 Å². The SMILES string of the molecule is C[C@@H](OC(=O)[C@@H]1CC(=O)N(c2ccccc2F)C1)C(=O)Nc1cccc(F)c1. The molecule has 0 bridgehead atoms. The Labute approximate surface area is 160 Å². The van der Waals surface area contributed by atoms with E-state index in [1.807, 2.05) is 0 Å². The van der Waals surface area contributed by atoms with Crippen LogP contribution in [0.2, 0.25) is 0 Å². The summed E-state index contributed by atoms with van der Waals surface area (Å²) in [6, 6.07) is 11.1. The van der Waals surface area contributed by atoms with Gasteiger partial charge in [-0.25, -0.2) is 8.78 Å². The van der Waals surface area contributed by atoms with E-state index in [2.05, 4.69) is 5.32 Å². The Morgan fingerprint density at radius 1 is 1.18 bits per heavy atom. The maximum Gasteiger partial charge on any atom is 0.312 e. The third-order valence-corrected chi connectivity index (χ3v) is 4.36. The summed E-state index contributed by atoms with van der Waals surface area (Å²) in [7, 11) is 0. The lowest BCUT2D eigenvalue weighted by molar-refractivity contribution is -0.157. The molecule has 1 aliphatic rings. The summed E-state index contributed by atoms with van der Waals surface area (Å²) in [4.78, 5) is 37.8. The Morgan fingerprint density at radius 3 is 2.64 bits per heavy atom.